The smallest absolute Gasteiger partial charge is 0.314 e. The van der Waals surface area contributed by atoms with Gasteiger partial charge in [0.1, 0.15) is 17.3 Å². The minimum absolute atomic E-state index is 0.219. The van der Waals surface area contributed by atoms with Crippen LogP contribution in [0.3, 0.4) is 0 Å². The number of aromatic nitrogens is 5. The van der Waals surface area contributed by atoms with Crippen LogP contribution in [-0.4, -0.2) is 49.4 Å². The van der Waals surface area contributed by atoms with Gasteiger partial charge in [-0.3, -0.25) is 19.4 Å². The first-order valence-electron chi connectivity index (χ1n) is 11.9. The molecule has 9 nitrogen and oxygen atoms in total. The molecule has 1 fully saturated rings. The number of imidazole rings is 2. The molecule has 10 heteroatoms. The number of carbonyl (C=O) groups excluding carboxylic acids is 2. The maximum atomic E-state index is 14.4. The van der Waals surface area contributed by atoms with E-state index in [1.807, 2.05) is 16.7 Å². The predicted molar refractivity (Wildman–Crippen MR) is 130 cm³/mol. The first kappa shape index (κ1) is 22.4. The molecule has 0 bridgehead atoms. The van der Waals surface area contributed by atoms with Crippen LogP contribution in [0.4, 0.5) is 10.2 Å². The molecule has 184 valence electrons. The lowest BCUT2D eigenvalue weighted by molar-refractivity contribution is -0.731. The Morgan fingerprint density at radius 1 is 1.17 bits per heavy atom. The van der Waals surface area contributed by atoms with Gasteiger partial charge in [-0.2, -0.15) is 4.57 Å². The van der Waals surface area contributed by atoms with Gasteiger partial charge in [-0.25, -0.2) is 9.37 Å². The lowest BCUT2D eigenvalue weighted by Gasteiger charge is -2.40. The minimum Gasteiger partial charge on any atom is -0.331 e. The Kier molecular flexibility index (Phi) is 4.49. The summed E-state index contributed by atoms with van der Waals surface area (Å²) in [6.45, 7) is 10.4. The number of aromatic amines is 1. The summed E-state index contributed by atoms with van der Waals surface area (Å²) in [5, 5.41) is 4.77. The predicted octanol–water partition coefficient (Wildman–Crippen LogP) is 2.93. The zero-order valence-electron chi connectivity index (χ0n) is 20.8. The van der Waals surface area contributed by atoms with Gasteiger partial charge in [0.05, 0.1) is 18.1 Å². The highest BCUT2D eigenvalue weighted by Gasteiger charge is 2.62. The molecular weight excluding hydrogens is 461 g/mol. The molecule has 5 heterocycles. The fraction of sp³-hybridized carbons (Fsp3) is 0.346. The van der Waals surface area contributed by atoms with E-state index in [1.54, 1.807) is 46.6 Å². The Labute approximate surface area is 207 Å². The highest BCUT2D eigenvalue weighted by molar-refractivity contribution is 6.04. The summed E-state index contributed by atoms with van der Waals surface area (Å²) in [6.07, 6.45) is 4.81. The van der Waals surface area contributed by atoms with Crippen molar-refractivity contribution < 1.29 is 18.5 Å². The molecule has 1 aromatic carbocycles. The van der Waals surface area contributed by atoms with Gasteiger partial charge < -0.3 is 4.98 Å². The van der Waals surface area contributed by atoms with Crippen molar-refractivity contribution in [3.05, 3.63) is 65.6 Å². The van der Waals surface area contributed by atoms with Crippen LogP contribution in [0.15, 0.2) is 43.0 Å². The maximum Gasteiger partial charge on any atom is 0.314 e. The highest BCUT2D eigenvalue weighted by Crippen LogP contribution is 2.37. The van der Waals surface area contributed by atoms with Crippen LogP contribution >= 0.6 is 0 Å². The summed E-state index contributed by atoms with van der Waals surface area (Å²) in [5.74, 6) is -0.166. The van der Waals surface area contributed by atoms with E-state index in [0.29, 0.717) is 47.1 Å². The van der Waals surface area contributed by atoms with Crippen molar-refractivity contribution in [1.29, 1.82) is 0 Å². The number of anilines is 1. The number of H-pyrrole nitrogens is 1. The van der Waals surface area contributed by atoms with Crippen molar-refractivity contribution in [2.75, 3.05) is 18.0 Å². The number of rotatable bonds is 2. The number of amides is 2. The Morgan fingerprint density at radius 3 is 2.61 bits per heavy atom. The number of nitrogens with zero attached hydrogens (tertiary/aromatic N) is 6. The van der Waals surface area contributed by atoms with Crippen molar-refractivity contribution in [2.45, 2.75) is 45.7 Å². The number of fused-ring (bicyclic) bond motifs is 5. The average Bonchev–Trinajstić information content (AvgIpc) is 3.53. The molecule has 2 aliphatic rings. The van der Waals surface area contributed by atoms with Crippen LogP contribution in [0.25, 0.3) is 16.9 Å². The zero-order chi connectivity index (χ0) is 25.6. The van der Waals surface area contributed by atoms with Crippen LogP contribution in [0, 0.1) is 12.7 Å². The third kappa shape index (κ3) is 2.90. The van der Waals surface area contributed by atoms with Crippen molar-refractivity contribution in [2.24, 2.45) is 0 Å². The molecule has 4 aromatic rings. The molecule has 1 unspecified atom stereocenters. The lowest BCUT2D eigenvalue weighted by atomic mass is 9.86. The lowest BCUT2D eigenvalue weighted by Crippen LogP contribution is -2.72. The fourth-order valence-corrected chi connectivity index (χ4v) is 5.32. The summed E-state index contributed by atoms with van der Waals surface area (Å²) in [5.41, 5.74) is 2.09. The summed E-state index contributed by atoms with van der Waals surface area (Å²) < 4.78 is 17.9. The van der Waals surface area contributed by atoms with Gasteiger partial charge in [-0.05, 0) is 30.0 Å². The van der Waals surface area contributed by atoms with E-state index >= 15 is 0 Å². The molecular formula is C26H27FN7O2+. The molecule has 0 aliphatic carbocycles. The van der Waals surface area contributed by atoms with Crippen molar-refractivity contribution in [1.82, 2.24) is 24.5 Å². The fourth-order valence-electron chi connectivity index (χ4n) is 5.32. The van der Waals surface area contributed by atoms with E-state index in [2.05, 4.69) is 30.7 Å². The average molecular weight is 489 g/mol. The molecule has 6 rings (SSSR count). The van der Waals surface area contributed by atoms with Crippen LogP contribution in [-0.2, 0) is 15.9 Å². The van der Waals surface area contributed by atoms with E-state index < -0.39 is 5.66 Å². The van der Waals surface area contributed by atoms with Crippen LogP contribution in [0.5, 0.6) is 0 Å². The van der Waals surface area contributed by atoms with Gasteiger partial charge in [-0.1, -0.05) is 42.5 Å². The van der Waals surface area contributed by atoms with E-state index in [0.717, 1.165) is 5.56 Å². The SMILES string of the molecule is Cc1ccc(-c2cc(C(C)(C)C)c3n(cc4[n+]3C3(C)C(=O)N(c5cnc[nH]5)CCN3C4=O)n2)cc1F. The molecule has 2 aliphatic heterocycles. The molecule has 1 saturated heterocycles. The number of aryl methyl sites for hydroxylation is 1. The first-order chi connectivity index (χ1) is 17.0. The van der Waals surface area contributed by atoms with Crippen molar-refractivity contribution in [3.63, 3.8) is 0 Å². The molecule has 0 saturated carbocycles. The van der Waals surface area contributed by atoms with Crippen molar-refractivity contribution >= 4 is 23.3 Å². The zero-order valence-corrected chi connectivity index (χ0v) is 20.8. The van der Waals surface area contributed by atoms with Crippen molar-refractivity contribution in [3.8, 4) is 11.3 Å². The molecule has 0 spiro atoms. The molecule has 1 N–H and O–H groups in total. The van der Waals surface area contributed by atoms with Crippen LogP contribution in [0.1, 0.15) is 49.3 Å². The van der Waals surface area contributed by atoms with Gasteiger partial charge in [0.25, 0.3) is 11.6 Å². The molecule has 3 aromatic heterocycles. The first-order valence-corrected chi connectivity index (χ1v) is 11.9. The second kappa shape index (κ2) is 7.22. The van der Waals surface area contributed by atoms with Gasteiger partial charge in [0, 0.05) is 25.6 Å². The van der Waals surface area contributed by atoms with Gasteiger partial charge >= 0.3 is 11.6 Å². The third-order valence-electron chi connectivity index (χ3n) is 7.32. The van der Waals surface area contributed by atoms with E-state index in [9.17, 15) is 14.0 Å². The summed E-state index contributed by atoms with van der Waals surface area (Å²) >= 11 is 0. The molecule has 0 radical (unpaired) electrons. The Balaban J connectivity index is 1.61. The van der Waals surface area contributed by atoms with E-state index in [1.165, 1.54) is 12.4 Å². The normalized spacial score (nSPS) is 19.8. The number of piperazine rings is 1. The second-order valence-electron chi connectivity index (χ2n) is 10.6. The summed E-state index contributed by atoms with van der Waals surface area (Å²) in [6, 6.07) is 6.97. The number of carbonyl (C=O) groups is 2. The second-order valence-corrected chi connectivity index (χ2v) is 10.6. The standard InChI is InChI=1S/C26H27FN7O2/c1-15-6-7-16(10-18(15)27)19-11-17(25(2,3)4)22-33(30-19)13-20-23(35)32-9-8-31(21-12-28-14-29-21)24(36)26(32,5)34(20)22/h6-7,10-14H,8-9H2,1-5H3,(H,28,29)/q+1. The highest BCUT2D eigenvalue weighted by atomic mass is 19.1. The number of hydrogen-bond acceptors (Lipinski definition) is 4. The summed E-state index contributed by atoms with van der Waals surface area (Å²) in [7, 11) is 0. The van der Waals surface area contributed by atoms with Gasteiger partial charge in [0.2, 0.25) is 5.69 Å². The minimum atomic E-state index is -1.27. The molecule has 36 heavy (non-hydrogen) atoms. The number of hydrogen-bond donors (Lipinski definition) is 1. The third-order valence-corrected chi connectivity index (χ3v) is 7.32. The number of benzene rings is 1. The molecule has 1 atom stereocenters. The van der Waals surface area contributed by atoms with Gasteiger partial charge in [-0.15, -0.1) is 0 Å². The Bertz CT molecular complexity index is 1570. The van der Waals surface area contributed by atoms with Gasteiger partial charge in [0.15, 0.2) is 6.20 Å². The Hall–Kier alpha value is -4.08. The van der Waals surface area contributed by atoms with E-state index in [-0.39, 0.29) is 23.0 Å². The maximum absolute atomic E-state index is 14.4. The van der Waals surface area contributed by atoms with Crippen LogP contribution in [0.2, 0.25) is 0 Å². The number of nitrogens with one attached hydrogen (secondary N) is 1. The van der Waals surface area contributed by atoms with E-state index in [4.69, 9.17) is 5.10 Å². The largest absolute Gasteiger partial charge is 0.331 e. The number of halogens is 1. The summed E-state index contributed by atoms with van der Waals surface area (Å²) in [4.78, 5) is 37.9. The van der Waals surface area contributed by atoms with Crippen LogP contribution < -0.4 is 9.47 Å². The topological polar surface area (TPSA) is 90.5 Å². The molecule has 2 amide bonds. The Morgan fingerprint density at radius 2 is 1.94 bits per heavy atom. The quantitative estimate of drug-likeness (QED) is 0.440. The monoisotopic (exact) mass is 488 g/mol.